The van der Waals surface area contributed by atoms with Gasteiger partial charge in [0.2, 0.25) is 5.91 Å². The molecule has 1 amide bonds. The first-order chi connectivity index (χ1) is 11.0. The minimum atomic E-state index is -0.538. The number of thiazole rings is 1. The lowest BCUT2D eigenvalue weighted by Crippen LogP contribution is -2.31. The molecule has 0 aliphatic heterocycles. The maximum atomic E-state index is 11.7. The molecule has 8 nitrogen and oxygen atoms in total. The molecule has 0 fully saturated rings. The van der Waals surface area contributed by atoms with E-state index in [1.807, 2.05) is 6.07 Å². The molecule has 0 radical (unpaired) electrons. The van der Waals surface area contributed by atoms with Gasteiger partial charge >= 0.3 is 5.97 Å². The van der Waals surface area contributed by atoms with E-state index in [0.29, 0.717) is 10.7 Å². The summed E-state index contributed by atoms with van der Waals surface area (Å²) in [7, 11) is 1.23. The fourth-order valence-corrected chi connectivity index (χ4v) is 2.47. The molecule has 9 heteroatoms. The Labute approximate surface area is 135 Å². The number of amides is 1. The fourth-order valence-electron chi connectivity index (χ4n) is 1.65. The second-order valence-corrected chi connectivity index (χ2v) is 5.24. The largest absolute Gasteiger partial charge is 0.506 e. The third-order valence-corrected chi connectivity index (χ3v) is 3.65. The molecule has 0 atom stereocenters. The van der Waals surface area contributed by atoms with Gasteiger partial charge in [-0.25, -0.2) is 9.97 Å². The summed E-state index contributed by atoms with van der Waals surface area (Å²) >= 11 is 1.21. The van der Waals surface area contributed by atoms with Crippen molar-refractivity contribution in [2.24, 2.45) is 0 Å². The molecule has 2 rings (SSSR count). The highest BCUT2D eigenvalue weighted by atomic mass is 32.1. The summed E-state index contributed by atoms with van der Waals surface area (Å²) in [5, 5.41) is 23.1. The van der Waals surface area contributed by atoms with Crippen molar-refractivity contribution in [2.45, 2.75) is 6.42 Å². The van der Waals surface area contributed by atoms with Crippen molar-refractivity contribution in [3.8, 4) is 22.5 Å². The van der Waals surface area contributed by atoms with E-state index in [2.05, 4.69) is 20.0 Å². The number of ether oxygens (including phenoxy) is 1. The quantitative estimate of drug-likeness (QED) is 0.768. The smallest absolute Gasteiger partial charge is 0.325 e. The summed E-state index contributed by atoms with van der Waals surface area (Å²) in [6.45, 7) is -0.204. The molecule has 0 spiro atoms. The van der Waals surface area contributed by atoms with Gasteiger partial charge in [-0.1, -0.05) is 0 Å². The van der Waals surface area contributed by atoms with Crippen LogP contribution in [0.5, 0.6) is 5.75 Å². The van der Waals surface area contributed by atoms with E-state index in [1.165, 1.54) is 30.7 Å². The number of methoxy groups -OCH3 is 1. The van der Waals surface area contributed by atoms with Gasteiger partial charge in [-0.3, -0.25) is 9.59 Å². The number of carbonyl (C=O) groups excluding carboxylic acids is 2. The number of aromatic nitrogens is 2. The molecule has 0 bridgehead atoms. The lowest BCUT2D eigenvalue weighted by atomic mass is 10.2. The Morgan fingerprint density at radius 1 is 1.52 bits per heavy atom. The summed E-state index contributed by atoms with van der Waals surface area (Å²) in [6, 6.07) is 3.17. The first-order valence-electron chi connectivity index (χ1n) is 6.41. The van der Waals surface area contributed by atoms with Crippen LogP contribution in [-0.4, -0.2) is 40.6 Å². The molecule has 23 heavy (non-hydrogen) atoms. The van der Waals surface area contributed by atoms with Crippen molar-refractivity contribution in [3.63, 3.8) is 0 Å². The van der Waals surface area contributed by atoms with Crippen LogP contribution in [0.1, 0.15) is 11.3 Å². The van der Waals surface area contributed by atoms with E-state index < -0.39 is 5.97 Å². The maximum absolute atomic E-state index is 11.7. The number of esters is 1. The number of hydrogen-bond acceptors (Lipinski definition) is 8. The molecule has 0 aliphatic rings. The van der Waals surface area contributed by atoms with Gasteiger partial charge < -0.3 is 15.2 Å². The van der Waals surface area contributed by atoms with Crippen LogP contribution in [0.15, 0.2) is 17.6 Å². The topological polar surface area (TPSA) is 125 Å². The second kappa shape index (κ2) is 7.33. The number of aromatic hydroxyl groups is 1. The number of rotatable bonds is 5. The third kappa shape index (κ3) is 4.24. The lowest BCUT2D eigenvalue weighted by Gasteiger charge is -2.02. The van der Waals surface area contributed by atoms with E-state index in [4.69, 9.17) is 5.26 Å². The van der Waals surface area contributed by atoms with Crippen LogP contribution >= 0.6 is 11.3 Å². The Kier molecular flexibility index (Phi) is 5.22. The van der Waals surface area contributed by atoms with Gasteiger partial charge in [0.05, 0.1) is 24.8 Å². The molecule has 2 aromatic heterocycles. The van der Waals surface area contributed by atoms with E-state index in [1.54, 1.807) is 5.38 Å². The van der Waals surface area contributed by atoms with Crippen molar-refractivity contribution in [2.75, 3.05) is 13.7 Å². The van der Waals surface area contributed by atoms with E-state index >= 15 is 0 Å². The Bertz CT molecular complexity index is 781. The van der Waals surface area contributed by atoms with Gasteiger partial charge in [-0.2, -0.15) is 5.26 Å². The van der Waals surface area contributed by atoms with Gasteiger partial charge in [-0.15, -0.1) is 11.3 Å². The summed E-state index contributed by atoms with van der Waals surface area (Å²) in [5.41, 5.74) is 0.971. The van der Waals surface area contributed by atoms with Crippen LogP contribution in [-0.2, 0) is 20.7 Å². The highest BCUT2D eigenvalue weighted by molar-refractivity contribution is 7.13. The van der Waals surface area contributed by atoms with Gasteiger partial charge in [0.15, 0.2) is 0 Å². The Balaban J connectivity index is 2.05. The first kappa shape index (κ1) is 16.4. The minimum absolute atomic E-state index is 0.00939. The average molecular weight is 332 g/mol. The third-order valence-electron chi connectivity index (χ3n) is 2.75. The normalized spacial score (nSPS) is 9.91. The standard InChI is InChI=1S/C14H12N4O4S/c1-22-12(21)6-16-11(20)3-9-7-23-14(18-9)13-10(19)2-8(4-15)5-17-13/h2,5,7,19H,3,6H2,1H3,(H,16,20). The van der Waals surface area contributed by atoms with Crippen molar-refractivity contribution in [1.82, 2.24) is 15.3 Å². The molecule has 0 saturated heterocycles. The second-order valence-electron chi connectivity index (χ2n) is 4.38. The SMILES string of the molecule is COC(=O)CNC(=O)Cc1csc(-c2ncc(C#N)cc2O)n1. The highest BCUT2D eigenvalue weighted by Crippen LogP contribution is 2.29. The summed E-state index contributed by atoms with van der Waals surface area (Å²) in [6.07, 6.45) is 1.32. The van der Waals surface area contributed by atoms with Crippen molar-refractivity contribution in [1.29, 1.82) is 5.26 Å². The van der Waals surface area contributed by atoms with Crippen LogP contribution in [0.25, 0.3) is 10.7 Å². The zero-order valence-corrected chi connectivity index (χ0v) is 12.9. The fraction of sp³-hybridized carbons (Fsp3) is 0.214. The van der Waals surface area contributed by atoms with Crippen LogP contribution < -0.4 is 5.32 Å². The number of nitriles is 1. The Hall–Kier alpha value is -2.99. The number of nitrogens with zero attached hydrogens (tertiary/aromatic N) is 3. The van der Waals surface area contributed by atoms with Crippen molar-refractivity contribution >= 4 is 23.2 Å². The summed E-state index contributed by atoms with van der Waals surface area (Å²) in [4.78, 5) is 30.8. The number of carbonyl (C=O) groups is 2. The van der Waals surface area contributed by atoms with Gasteiger partial charge in [-0.05, 0) is 0 Å². The first-order valence-corrected chi connectivity index (χ1v) is 7.29. The van der Waals surface area contributed by atoms with Crippen LogP contribution in [0, 0.1) is 11.3 Å². The summed E-state index contributed by atoms with van der Waals surface area (Å²) < 4.78 is 4.42. The molecule has 2 aromatic rings. The van der Waals surface area contributed by atoms with E-state index in [-0.39, 0.29) is 35.9 Å². The predicted octanol–water partition coefficient (Wildman–Crippen LogP) is 0.614. The highest BCUT2D eigenvalue weighted by Gasteiger charge is 2.14. The molecule has 0 aromatic carbocycles. The van der Waals surface area contributed by atoms with Crippen molar-refractivity contribution < 1.29 is 19.4 Å². The van der Waals surface area contributed by atoms with Gasteiger partial charge in [0, 0.05) is 17.6 Å². The predicted molar refractivity (Wildman–Crippen MR) is 80.5 cm³/mol. The monoisotopic (exact) mass is 332 g/mol. The zero-order chi connectivity index (χ0) is 16.8. The Morgan fingerprint density at radius 2 is 2.30 bits per heavy atom. The lowest BCUT2D eigenvalue weighted by molar-refractivity contribution is -0.141. The molecule has 0 aliphatic carbocycles. The van der Waals surface area contributed by atoms with Gasteiger partial charge in [0.25, 0.3) is 0 Å². The van der Waals surface area contributed by atoms with Gasteiger partial charge in [0.1, 0.15) is 29.1 Å². The molecule has 2 N–H and O–H groups in total. The summed E-state index contributed by atoms with van der Waals surface area (Å²) in [5.74, 6) is -1.06. The van der Waals surface area contributed by atoms with E-state index in [0.717, 1.165) is 0 Å². The van der Waals surface area contributed by atoms with Crippen molar-refractivity contribution in [3.05, 3.63) is 28.9 Å². The van der Waals surface area contributed by atoms with Crippen LogP contribution in [0.2, 0.25) is 0 Å². The minimum Gasteiger partial charge on any atom is -0.506 e. The average Bonchev–Trinajstić information content (AvgIpc) is 3.00. The van der Waals surface area contributed by atoms with Crippen LogP contribution in [0.4, 0.5) is 0 Å². The zero-order valence-electron chi connectivity index (χ0n) is 12.1. The number of pyridine rings is 1. The molecular weight excluding hydrogens is 320 g/mol. The molecular formula is C14H12N4O4S. The number of hydrogen-bond donors (Lipinski definition) is 2. The van der Waals surface area contributed by atoms with E-state index in [9.17, 15) is 14.7 Å². The molecule has 0 unspecified atom stereocenters. The molecule has 2 heterocycles. The molecule has 0 saturated carbocycles. The maximum Gasteiger partial charge on any atom is 0.325 e. The molecule has 118 valence electrons. The van der Waals surface area contributed by atoms with Crippen LogP contribution in [0.3, 0.4) is 0 Å². The Morgan fingerprint density at radius 3 is 2.96 bits per heavy atom. The number of nitrogens with one attached hydrogen (secondary N) is 1.